The molecule has 156 valence electrons. The van der Waals surface area contributed by atoms with Gasteiger partial charge in [-0.25, -0.2) is 4.39 Å². The first-order chi connectivity index (χ1) is 11.9. The fourth-order valence-electron chi connectivity index (χ4n) is 4.25. The summed E-state index contributed by atoms with van der Waals surface area (Å²) in [4.78, 5) is 1.98. The Bertz CT molecular complexity index is 586. The van der Waals surface area contributed by atoms with Crippen LogP contribution in [-0.4, -0.2) is 36.2 Å². The third-order valence-electron chi connectivity index (χ3n) is 5.41. The summed E-state index contributed by atoms with van der Waals surface area (Å²) in [7, 11) is 0. The van der Waals surface area contributed by atoms with Crippen LogP contribution >= 0.6 is 24.8 Å². The van der Waals surface area contributed by atoms with E-state index >= 15 is 0 Å². The minimum absolute atomic E-state index is 0. The molecule has 1 heterocycles. The molecular formula is C18H26Cl2F4N2O. The third kappa shape index (κ3) is 5.40. The van der Waals surface area contributed by atoms with E-state index in [9.17, 15) is 22.7 Å². The Labute approximate surface area is 169 Å². The highest BCUT2D eigenvalue weighted by Gasteiger charge is 2.42. The summed E-state index contributed by atoms with van der Waals surface area (Å²) >= 11 is 0. The van der Waals surface area contributed by atoms with Crippen LogP contribution in [0, 0.1) is 11.7 Å². The van der Waals surface area contributed by atoms with Crippen molar-refractivity contribution in [2.75, 3.05) is 26.2 Å². The topological polar surface area (TPSA) is 35.5 Å². The summed E-state index contributed by atoms with van der Waals surface area (Å²) in [5.41, 5.74) is -1.19. The Morgan fingerprint density at radius 3 is 2.19 bits per heavy atom. The molecule has 3 nitrogen and oxygen atoms in total. The Morgan fingerprint density at radius 2 is 1.63 bits per heavy atom. The number of aromatic hydroxyl groups is 1. The van der Waals surface area contributed by atoms with Crippen LogP contribution < -0.4 is 5.32 Å². The maximum atomic E-state index is 14.0. The van der Waals surface area contributed by atoms with E-state index in [0.717, 1.165) is 38.2 Å². The molecular weight excluding hydrogens is 407 g/mol. The number of benzene rings is 1. The highest BCUT2D eigenvalue weighted by Crippen LogP contribution is 2.47. The first-order valence-corrected chi connectivity index (χ1v) is 8.93. The first-order valence-electron chi connectivity index (χ1n) is 8.93. The summed E-state index contributed by atoms with van der Waals surface area (Å²) in [6.45, 7) is 2.55. The van der Waals surface area contributed by atoms with Crippen molar-refractivity contribution in [1.82, 2.24) is 10.2 Å². The molecule has 2 aliphatic rings. The van der Waals surface area contributed by atoms with Crippen molar-refractivity contribution in [2.24, 2.45) is 5.92 Å². The summed E-state index contributed by atoms with van der Waals surface area (Å²) < 4.78 is 54.8. The molecule has 0 radical (unpaired) electrons. The number of hydrogen-bond acceptors (Lipinski definition) is 3. The molecule has 1 saturated heterocycles. The Balaban J connectivity index is 0.00000182. The number of piperazine rings is 1. The molecule has 0 bridgehead atoms. The van der Waals surface area contributed by atoms with Gasteiger partial charge >= 0.3 is 6.18 Å². The molecule has 2 fully saturated rings. The molecule has 1 atom stereocenters. The molecule has 1 aromatic carbocycles. The van der Waals surface area contributed by atoms with Crippen LogP contribution in [0.4, 0.5) is 17.6 Å². The van der Waals surface area contributed by atoms with E-state index < -0.39 is 29.3 Å². The predicted octanol–water partition coefficient (Wildman–Crippen LogP) is 4.92. The number of rotatable bonds is 3. The number of alkyl halides is 3. The molecule has 0 spiro atoms. The van der Waals surface area contributed by atoms with Gasteiger partial charge in [-0.2, -0.15) is 13.2 Å². The van der Waals surface area contributed by atoms with E-state index in [1.54, 1.807) is 0 Å². The molecule has 1 aliphatic carbocycles. The van der Waals surface area contributed by atoms with Crippen molar-refractivity contribution < 1.29 is 22.7 Å². The van der Waals surface area contributed by atoms with Crippen molar-refractivity contribution in [1.29, 1.82) is 0 Å². The highest BCUT2D eigenvalue weighted by molar-refractivity contribution is 5.85. The van der Waals surface area contributed by atoms with Crippen LogP contribution in [0.25, 0.3) is 0 Å². The second kappa shape index (κ2) is 10.1. The first kappa shape index (κ1) is 24.3. The van der Waals surface area contributed by atoms with Crippen molar-refractivity contribution in [2.45, 2.75) is 44.3 Å². The summed E-state index contributed by atoms with van der Waals surface area (Å²) in [6.07, 6.45) is -0.00738. The van der Waals surface area contributed by atoms with Crippen molar-refractivity contribution in [3.63, 3.8) is 0 Å². The van der Waals surface area contributed by atoms with Crippen molar-refractivity contribution >= 4 is 24.8 Å². The molecule has 1 aromatic rings. The normalized spacial score (nSPS) is 20.4. The average molecular weight is 433 g/mol. The van der Waals surface area contributed by atoms with Crippen molar-refractivity contribution in [3.05, 3.63) is 29.1 Å². The van der Waals surface area contributed by atoms with Gasteiger partial charge in [-0.05, 0) is 30.9 Å². The monoisotopic (exact) mass is 432 g/mol. The predicted molar refractivity (Wildman–Crippen MR) is 101 cm³/mol. The standard InChI is InChI=1S/C18H24F4N2O.2ClH/c19-14-7-6-13(18(20,21)22)15(17(14)25)16(12-4-2-1-3-5-12)24-10-8-23-9-11-24;;/h6-7,12,16,23,25H,1-5,8-11H2;2*1H/t16-;;/m0../s1. The Kier molecular flexibility index (Phi) is 9.12. The van der Waals surface area contributed by atoms with E-state index in [1.165, 1.54) is 0 Å². The van der Waals surface area contributed by atoms with Gasteiger partial charge in [0, 0.05) is 37.8 Å². The quantitative estimate of drug-likeness (QED) is 0.665. The fourth-order valence-corrected chi connectivity index (χ4v) is 4.25. The molecule has 1 saturated carbocycles. The zero-order valence-corrected chi connectivity index (χ0v) is 16.5. The van der Waals surface area contributed by atoms with E-state index in [-0.39, 0.29) is 36.3 Å². The lowest BCUT2D eigenvalue weighted by Crippen LogP contribution is -2.47. The molecule has 1 aliphatic heterocycles. The molecule has 0 unspecified atom stereocenters. The van der Waals surface area contributed by atoms with E-state index in [1.807, 2.05) is 4.90 Å². The molecule has 27 heavy (non-hydrogen) atoms. The Hall–Kier alpha value is -0.760. The van der Waals surface area contributed by atoms with Crippen LogP contribution in [0.15, 0.2) is 12.1 Å². The number of hydrogen-bond donors (Lipinski definition) is 2. The average Bonchev–Trinajstić information content (AvgIpc) is 2.60. The second-order valence-corrected chi connectivity index (χ2v) is 6.98. The second-order valence-electron chi connectivity index (χ2n) is 6.98. The SMILES string of the molecule is Cl.Cl.Oc1c(F)ccc(C(F)(F)F)c1[C@H](C1CCCCC1)N1CCNCC1. The minimum atomic E-state index is -4.62. The van der Waals surface area contributed by atoms with Crippen LogP contribution in [0.5, 0.6) is 5.75 Å². The smallest absolute Gasteiger partial charge is 0.416 e. The van der Waals surface area contributed by atoms with Gasteiger partial charge in [-0.1, -0.05) is 19.3 Å². The maximum absolute atomic E-state index is 14.0. The number of nitrogens with zero attached hydrogens (tertiary/aromatic N) is 1. The van der Waals surface area contributed by atoms with Gasteiger partial charge < -0.3 is 10.4 Å². The van der Waals surface area contributed by atoms with Gasteiger partial charge in [0.25, 0.3) is 0 Å². The zero-order chi connectivity index (χ0) is 18.0. The van der Waals surface area contributed by atoms with Gasteiger partial charge in [0.2, 0.25) is 0 Å². The Morgan fingerprint density at radius 1 is 1.04 bits per heavy atom. The summed E-state index contributed by atoms with van der Waals surface area (Å²) in [5, 5.41) is 13.5. The van der Waals surface area contributed by atoms with Gasteiger partial charge in [0.05, 0.1) is 5.56 Å². The summed E-state index contributed by atoms with van der Waals surface area (Å²) in [5.74, 6) is -1.83. The van der Waals surface area contributed by atoms with Crippen LogP contribution in [-0.2, 0) is 6.18 Å². The molecule has 3 rings (SSSR count). The number of phenolic OH excluding ortho intramolecular Hbond substituents is 1. The third-order valence-corrected chi connectivity index (χ3v) is 5.41. The number of halogens is 6. The van der Waals surface area contributed by atoms with Gasteiger partial charge in [-0.3, -0.25) is 4.90 Å². The van der Waals surface area contributed by atoms with Crippen molar-refractivity contribution in [3.8, 4) is 5.75 Å². The summed E-state index contributed by atoms with van der Waals surface area (Å²) in [6, 6.07) is 0.870. The highest BCUT2D eigenvalue weighted by atomic mass is 35.5. The molecule has 0 amide bonds. The zero-order valence-electron chi connectivity index (χ0n) is 14.9. The number of phenols is 1. The number of nitrogens with one attached hydrogen (secondary N) is 1. The lowest BCUT2D eigenvalue weighted by Gasteiger charge is -2.42. The van der Waals surface area contributed by atoms with Gasteiger partial charge in [-0.15, -0.1) is 24.8 Å². The van der Waals surface area contributed by atoms with E-state index in [0.29, 0.717) is 32.2 Å². The lowest BCUT2D eigenvalue weighted by atomic mass is 9.78. The van der Waals surface area contributed by atoms with Crippen LogP contribution in [0.3, 0.4) is 0 Å². The van der Waals surface area contributed by atoms with E-state index in [2.05, 4.69) is 5.32 Å². The largest absolute Gasteiger partial charge is 0.505 e. The molecule has 2 N–H and O–H groups in total. The molecule has 0 aromatic heterocycles. The van der Waals surface area contributed by atoms with Crippen LogP contribution in [0.2, 0.25) is 0 Å². The fraction of sp³-hybridized carbons (Fsp3) is 0.667. The maximum Gasteiger partial charge on any atom is 0.416 e. The van der Waals surface area contributed by atoms with Crippen LogP contribution in [0.1, 0.15) is 49.3 Å². The lowest BCUT2D eigenvalue weighted by molar-refractivity contribution is -0.139. The van der Waals surface area contributed by atoms with Gasteiger partial charge in [0.1, 0.15) is 0 Å². The van der Waals surface area contributed by atoms with Gasteiger partial charge in [0.15, 0.2) is 11.6 Å². The minimum Gasteiger partial charge on any atom is -0.505 e. The molecule has 9 heteroatoms. The van der Waals surface area contributed by atoms with E-state index in [4.69, 9.17) is 0 Å².